The van der Waals surface area contributed by atoms with E-state index in [0.29, 0.717) is 11.5 Å². The first-order chi connectivity index (χ1) is 6.72. The molecular weight excluding hydrogens is 198 g/mol. The van der Waals surface area contributed by atoms with Crippen LogP contribution in [0, 0.1) is 0 Å². The number of hydrogen-bond acceptors (Lipinski definition) is 2. The highest BCUT2D eigenvalue weighted by Crippen LogP contribution is 2.04. The molecule has 0 aromatic carbocycles. The summed E-state index contributed by atoms with van der Waals surface area (Å²) in [6.07, 6.45) is 2.60. The van der Waals surface area contributed by atoms with E-state index in [1.54, 1.807) is 0 Å². The Labute approximate surface area is 89.8 Å². The maximum absolute atomic E-state index is 10.9. The Morgan fingerprint density at radius 3 is 3.00 bits per heavy atom. The lowest BCUT2D eigenvalue weighted by Gasteiger charge is -2.13. The summed E-state index contributed by atoms with van der Waals surface area (Å²) in [6, 6.07) is 0.240. The van der Waals surface area contributed by atoms with Crippen LogP contribution in [0.3, 0.4) is 0 Å². The lowest BCUT2D eigenvalue weighted by molar-refractivity contribution is -0.119. The predicted molar refractivity (Wildman–Crippen MR) is 60.1 cm³/mol. The average Bonchev–Trinajstić information content (AvgIpc) is 2.58. The molecule has 0 saturated carbocycles. The van der Waals surface area contributed by atoms with Crippen LogP contribution in [0.5, 0.6) is 0 Å². The number of hydrogen-bond donors (Lipinski definition) is 3. The summed E-state index contributed by atoms with van der Waals surface area (Å²) in [5.74, 6) is 0.143. The smallest absolute Gasteiger partial charge is 0.220 e. The van der Waals surface area contributed by atoms with Crippen molar-refractivity contribution < 1.29 is 4.79 Å². The van der Waals surface area contributed by atoms with E-state index in [-0.39, 0.29) is 11.9 Å². The van der Waals surface area contributed by atoms with E-state index in [1.807, 2.05) is 0 Å². The Kier molecular flexibility index (Phi) is 4.65. The molecule has 1 atom stereocenters. The molecule has 1 unspecified atom stereocenters. The van der Waals surface area contributed by atoms with Crippen molar-refractivity contribution in [1.82, 2.24) is 16.0 Å². The minimum Gasteiger partial charge on any atom is -0.363 e. The van der Waals surface area contributed by atoms with Crippen LogP contribution in [0.4, 0.5) is 0 Å². The van der Waals surface area contributed by atoms with E-state index in [4.69, 9.17) is 12.2 Å². The fraction of sp³-hybridized carbons (Fsp3) is 0.778. The fourth-order valence-corrected chi connectivity index (χ4v) is 1.53. The van der Waals surface area contributed by atoms with E-state index in [0.717, 1.165) is 25.9 Å². The van der Waals surface area contributed by atoms with E-state index in [9.17, 15) is 4.79 Å². The molecule has 1 aliphatic rings. The van der Waals surface area contributed by atoms with Crippen LogP contribution in [-0.4, -0.2) is 30.2 Å². The van der Waals surface area contributed by atoms with Crippen LogP contribution in [0.25, 0.3) is 0 Å². The van der Waals surface area contributed by atoms with Crippen molar-refractivity contribution in [3.8, 4) is 0 Å². The maximum Gasteiger partial charge on any atom is 0.220 e. The minimum absolute atomic E-state index is 0.143. The van der Waals surface area contributed by atoms with Gasteiger partial charge in [-0.1, -0.05) is 6.92 Å². The molecule has 0 bridgehead atoms. The summed E-state index contributed by atoms with van der Waals surface area (Å²) in [7, 11) is 0. The van der Waals surface area contributed by atoms with Crippen molar-refractivity contribution in [2.45, 2.75) is 32.2 Å². The van der Waals surface area contributed by atoms with Crippen molar-refractivity contribution >= 4 is 23.2 Å². The molecule has 3 N–H and O–H groups in total. The maximum atomic E-state index is 10.9. The lowest BCUT2D eigenvalue weighted by atomic mass is 10.2. The normalized spacial score (nSPS) is 20.4. The molecule has 1 heterocycles. The molecule has 0 aliphatic carbocycles. The first-order valence-corrected chi connectivity index (χ1v) is 5.44. The van der Waals surface area contributed by atoms with Crippen LogP contribution < -0.4 is 16.0 Å². The molecule has 1 fully saturated rings. The van der Waals surface area contributed by atoms with Crippen LogP contribution in [0.2, 0.25) is 0 Å². The highest BCUT2D eigenvalue weighted by Gasteiger charge is 2.20. The zero-order valence-electron chi connectivity index (χ0n) is 8.43. The van der Waals surface area contributed by atoms with Crippen molar-refractivity contribution in [2.75, 3.05) is 13.1 Å². The Morgan fingerprint density at radius 1 is 1.64 bits per heavy atom. The van der Waals surface area contributed by atoms with Gasteiger partial charge in [-0.2, -0.15) is 0 Å². The summed E-state index contributed by atoms with van der Waals surface area (Å²) in [5.41, 5.74) is 0. The molecule has 0 spiro atoms. The molecular formula is C9H17N3OS. The van der Waals surface area contributed by atoms with Gasteiger partial charge in [-0.05, 0) is 25.1 Å². The van der Waals surface area contributed by atoms with Gasteiger partial charge < -0.3 is 16.0 Å². The molecule has 14 heavy (non-hydrogen) atoms. The third-order valence-corrected chi connectivity index (χ3v) is 2.42. The van der Waals surface area contributed by atoms with Crippen LogP contribution >= 0.6 is 12.2 Å². The third kappa shape index (κ3) is 3.91. The third-order valence-electron chi connectivity index (χ3n) is 2.13. The zero-order valence-corrected chi connectivity index (χ0v) is 9.25. The molecule has 5 heteroatoms. The number of thiocarbonyl (C=S) groups is 1. The summed E-state index contributed by atoms with van der Waals surface area (Å²) >= 11 is 5.05. The predicted octanol–water partition coefficient (Wildman–Crippen LogP) is 0.139. The summed E-state index contributed by atoms with van der Waals surface area (Å²) in [4.78, 5) is 10.9. The molecule has 4 nitrogen and oxygen atoms in total. The average molecular weight is 215 g/mol. The first-order valence-electron chi connectivity index (χ1n) is 5.03. The first kappa shape index (κ1) is 11.2. The molecule has 1 amide bonds. The molecule has 1 aliphatic heterocycles. The summed E-state index contributed by atoms with van der Waals surface area (Å²) in [6.45, 7) is 3.71. The quantitative estimate of drug-likeness (QED) is 0.584. The monoisotopic (exact) mass is 215 g/mol. The van der Waals surface area contributed by atoms with Gasteiger partial charge in [0.25, 0.3) is 0 Å². The van der Waals surface area contributed by atoms with E-state index >= 15 is 0 Å². The Balaban J connectivity index is 2.08. The molecule has 0 aromatic rings. The lowest BCUT2D eigenvalue weighted by Crippen LogP contribution is -2.43. The van der Waals surface area contributed by atoms with Gasteiger partial charge in [0, 0.05) is 25.6 Å². The molecule has 1 rings (SSSR count). The Hall–Kier alpha value is -0.840. The van der Waals surface area contributed by atoms with Gasteiger partial charge in [0.2, 0.25) is 5.91 Å². The van der Waals surface area contributed by atoms with Gasteiger partial charge in [-0.25, -0.2) is 0 Å². The van der Waals surface area contributed by atoms with Crippen LogP contribution in [0.15, 0.2) is 0 Å². The summed E-state index contributed by atoms with van der Waals surface area (Å²) in [5, 5.41) is 9.71. The molecule has 0 radical (unpaired) electrons. The van der Waals surface area contributed by atoms with Crippen molar-refractivity contribution in [3.05, 3.63) is 0 Å². The van der Waals surface area contributed by atoms with Gasteiger partial charge >= 0.3 is 0 Å². The van der Waals surface area contributed by atoms with Crippen LogP contribution in [0.1, 0.15) is 26.2 Å². The standard InChI is InChI=1S/C9H17N3OS/c1-2-5-10-9(14)11-6-7-3-4-8(13)12-7/h7H,2-6H2,1H3,(H,12,13)(H2,10,11,14). The number of carbonyl (C=O) groups excluding carboxylic acids is 1. The van der Waals surface area contributed by atoms with Crippen molar-refractivity contribution in [3.63, 3.8) is 0 Å². The molecule has 0 aromatic heterocycles. The molecule has 1 saturated heterocycles. The number of carbonyl (C=O) groups is 1. The van der Waals surface area contributed by atoms with Gasteiger partial charge in [-0.15, -0.1) is 0 Å². The number of amides is 1. The molecule has 80 valence electrons. The SMILES string of the molecule is CCCNC(=S)NCC1CCC(=O)N1. The van der Waals surface area contributed by atoms with Gasteiger partial charge in [0.1, 0.15) is 0 Å². The number of rotatable bonds is 4. The topological polar surface area (TPSA) is 53.2 Å². The van der Waals surface area contributed by atoms with Gasteiger partial charge in [-0.3, -0.25) is 4.79 Å². The van der Waals surface area contributed by atoms with Crippen molar-refractivity contribution in [2.24, 2.45) is 0 Å². The zero-order chi connectivity index (χ0) is 10.4. The second kappa shape index (κ2) is 5.80. The van der Waals surface area contributed by atoms with Gasteiger partial charge in [0.05, 0.1) is 0 Å². The second-order valence-electron chi connectivity index (χ2n) is 3.44. The number of nitrogens with one attached hydrogen (secondary N) is 3. The minimum atomic E-state index is 0.143. The van der Waals surface area contributed by atoms with E-state index < -0.39 is 0 Å². The highest BCUT2D eigenvalue weighted by molar-refractivity contribution is 7.80. The van der Waals surface area contributed by atoms with Crippen molar-refractivity contribution in [1.29, 1.82) is 0 Å². The van der Waals surface area contributed by atoms with Gasteiger partial charge in [0.15, 0.2) is 5.11 Å². The fourth-order valence-electron chi connectivity index (χ4n) is 1.35. The van der Waals surface area contributed by atoms with E-state index in [2.05, 4.69) is 22.9 Å². The second-order valence-corrected chi connectivity index (χ2v) is 3.85. The van der Waals surface area contributed by atoms with Crippen LogP contribution in [-0.2, 0) is 4.79 Å². The van der Waals surface area contributed by atoms with E-state index in [1.165, 1.54) is 0 Å². The Bertz CT molecular complexity index is 220. The Morgan fingerprint density at radius 2 is 2.43 bits per heavy atom. The largest absolute Gasteiger partial charge is 0.363 e. The highest BCUT2D eigenvalue weighted by atomic mass is 32.1. The summed E-state index contributed by atoms with van der Waals surface area (Å²) < 4.78 is 0.